The van der Waals surface area contributed by atoms with E-state index in [1.165, 1.54) is 6.42 Å². The summed E-state index contributed by atoms with van der Waals surface area (Å²) in [7, 11) is 0. The minimum absolute atomic E-state index is 0.269. The minimum Gasteiger partial charge on any atom is -0.328 e. The summed E-state index contributed by atoms with van der Waals surface area (Å²) < 4.78 is 0. The summed E-state index contributed by atoms with van der Waals surface area (Å²) in [5, 5.41) is 1.77. The predicted octanol–water partition coefficient (Wildman–Crippen LogP) is 3.06. The highest BCUT2D eigenvalue weighted by Crippen LogP contribution is 2.25. The number of hydrogen-bond acceptors (Lipinski definition) is 3. The molecule has 0 spiro atoms. The number of likely N-dealkylation sites (tertiary alicyclic amines) is 1. The lowest BCUT2D eigenvalue weighted by molar-refractivity contribution is 0.308. The van der Waals surface area contributed by atoms with Crippen molar-refractivity contribution in [3.63, 3.8) is 0 Å². The standard InChI is InChI=1S/C16H20ClN3/c1-11(18)13-6-7-20(9-13)10-14-8-12-4-2-3-5-15(12)19-16(14)17/h2-5,8,11,13H,6-7,9-10,18H2,1H3. The number of benzene rings is 1. The van der Waals surface area contributed by atoms with Crippen molar-refractivity contribution in [2.24, 2.45) is 11.7 Å². The molecule has 20 heavy (non-hydrogen) atoms. The second-order valence-electron chi connectivity index (χ2n) is 5.77. The van der Waals surface area contributed by atoms with Crippen molar-refractivity contribution in [3.8, 4) is 0 Å². The number of nitrogens with zero attached hydrogens (tertiary/aromatic N) is 2. The van der Waals surface area contributed by atoms with Gasteiger partial charge in [0.05, 0.1) is 5.52 Å². The zero-order chi connectivity index (χ0) is 14.1. The van der Waals surface area contributed by atoms with E-state index in [0.29, 0.717) is 11.1 Å². The molecule has 1 saturated heterocycles. The van der Waals surface area contributed by atoms with Crippen molar-refractivity contribution in [1.29, 1.82) is 0 Å². The van der Waals surface area contributed by atoms with Gasteiger partial charge in [-0.1, -0.05) is 29.8 Å². The van der Waals surface area contributed by atoms with Crippen LogP contribution in [-0.2, 0) is 6.54 Å². The molecular weight excluding hydrogens is 270 g/mol. The first-order valence-corrected chi connectivity index (χ1v) is 7.53. The van der Waals surface area contributed by atoms with Gasteiger partial charge in [-0.05, 0) is 37.9 Å². The largest absolute Gasteiger partial charge is 0.328 e. The second kappa shape index (κ2) is 5.68. The smallest absolute Gasteiger partial charge is 0.134 e. The van der Waals surface area contributed by atoms with Gasteiger partial charge in [0.1, 0.15) is 5.15 Å². The lowest BCUT2D eigenvalue weighted by Gasteiger charge is -2.18. The molecule has 0 saturated carbocycles. The summed E-state index contributed by atoms with van der Waals surface area (Å²) in [5.74, 6) is 0.599. The molecule has 1 aromatic heterocycles. The second-order valence-corrected chi connectivity index (χ2v) is 6.13. The van der Waals surface area contributed by atoms with Crippen molar-refractivity contribution < 1.29 is 0 Å². The van der Waals surface area contributed by atoms with E-state index in [9.17, 15) is 0 Å². The van der Waals surface area contributed by atoms with Gasteiger partial charge in [0.2, 0.25) is 0 Å². The number of rotatable bonds is 3. The van der Waals surface area contributed by atoms with Crippen LogP contribution in [0.3, 0.4) is 0 Å². The van der Waals surface area contributed by atoms with E-state index >= 15 is 0 Å². The first-order valence-electron chi connectivity index (χ1n) is 7.15. The highest BCUT2D eigenvalue weighted by atomic mass is 35.5. The Kier molecular flexibility index (Phi) is 3.92. The van der Waals surface area contributed by atoms with Crippen LogP contribution in [0, 0.1) is 5.92 Å². The van der Waals surface area contributed by atoms with Gasteiger partial charge in [0.15, 0.2) is 0 Å². The third-order valence-electron chi connectivity index (χ3n) is 4.20. The minimum atomic E-state index is 0.269. The van der Waals surface area contributed by atoms with Crippen LogP contribution in [0.1, 0.15) is 18.9 Å². The first kappa shape index (κ1) is 13.8. The Labute approximate surface area is 124 Å². The van der Waals surface area contributed by atoms with Crippen LogP contribution in [0.15, 0.2) is 30.3 Å². The molecule has 2 unspecified atom stereocenters. The van der Waals surface area contributed by atoms with E-state index in [4.69, 9.17) is 17.3 Å². The van der Waals surface area contributed by atoms with Crippen LogP contribution < -0.4 is 5.73 Å². The number of fused-ring (bicyclic) bond motifs is 1. The Balaban J connectivity index is 1.79. The van der Waals surface area contributed by atoms with Gasteiger partial charge in [-0.15, -0.1) is 0 Å². The topological polar surface area (TPSA) is 42.1 Å². The normalized spacial score (nSPS) is 21.4. The molecule has 2 atom stereocenters. The highest BCUT2D eigenvalue weighted by molar-refractivity contribution is 6.30. The van der Waals surface area contributed by atoms with Gasteiger partial charge in [-0.25, -0.2) is 4.98 Å². The Morgan fingerprint density at radius 2 is 2.25 bits per heavy atom. The number of hydrogen-bond donors (Lipinski definition) is 1. The van der Waals surface area contributed by atoms with Gasteiger partial charge in [0.25, 0.3) is 0 Å². The Hall–Kier alpha value is -1.16. The third kappa shape index (κ3) is 2.80. The molecule has 1 fully saturated rings. The van der Waals surface area contributed by atoms with Crippen LogP contribution in [-0.4, -0.2) is 29.0 Å². The van der Waals surface area contributed by atoms with Gasteiger partial charge in [0, 0.05) is 30.1 Å². The molecule has 2 heterocycles. The molecule has 4 heteroatoms. The molecule has 1 aliphatic heterocycles. The summed E-state index contributed by atoms with van der Waals surface area (Å²) >= 11 is 6.32. The fourth-order valence-electron chi connectivity index (χ4n) is 2.92. The Morgan fingerprint density at radius 1 is 1.45 bits per heavy atom. The fourth-order valence-corrected chi connectivity index (χ4v) is 3.13. The number of pyridine rings is 1. The maximum Gasteiger partial charge on any atom is 0.134 e. The Bertz CT molecular complexity index is 612. The summed E-state index contributed by atoms with van der Waals surface area (Å²) in [6.07, 6.45) is 1.18. The van der Waals surface area contributed by atoms with E-state index in [-0.39, 0.29) is 6.04 Å². The van der Waals surface area contributed by atoms with E-state index in [2.05, 4.69) is 28.9 Å². The zero-order valence-electron chi connectivity index (χ0n) is 11.7. The number of aromatic nitrogens is 1. The summed E-state index contributed by atoms with van der Waals surface area (Å²) in [4.78, 5) is 6.91. The fraction of sp³-hybridized carbons (Fsp3) is 0.438. The summed E-state index contributed by atoms with van der Waals surface area (Å²) in [6.45, 7) is 5.11. The molecule has 1 aliphatic rings. The van der Waals surface area contributed by atoms with E-state index in [0.717, 1.165) is 36.1 Å². The van der Waals surface area contributed by atoms with Gasteiger partial charge in [-0.3, -0.25) is 4.90 Å². The number of para-hydroxylation sites is 1. The Morgan fingerprint density at radius 3 is 3.00 bits per heavy atom. The third-order valence-corrected chi connectivity index (χ3v) is 4.52. The average molecular weight is 290 g/mol. The maximum absolute atomic E-state index is 6.32. The van der Waals surface area contributed by atoms with Crippen molar-refractivity contribution in [2.75, 3.05) is 13.1 Å². The molecular formula is C16H20ClN3. The maximum atomic E-state index is 6.32. The molecule has 1 aromatic carbocycles. The molecule has 106 valence electrons. The number of halogens is 1. The zero-order valence-corrected chi connectivity index (χ0v) is 12.5. The quantitative estimate of drug-likeness (QED) is 0.883. The molecule has 0 amide bonds. The van der Waals surface area contributed by atoms with Gasteiger partial charge < -0.3 is 5.73 Å². The number of nitrogens with two attached hydrogens (primary N) is 1. The average Bonchev–Trinajstić information content (AvgIpc) is 2.88. The highest BCUT2D eigenvalue weighted by Gasteiger charge is 2.25. The monoisotopic (exact) mass is 289 g/mol. The van der Waals surface area contributed by atoms with Crippen molar-refractivity contribution in [1.82, 2.24) is 9.88 Å². The predicted molar refractivity (Wildman–Crippen MR) is 83.8 cm³/mol. The molecule has 2 N–H and O–H groups in total. The van der Waals surface area contributed by atoms with Crippen LogP contribution in [0.5, 0.6) is 0 Å². The van der Waals surface area contributed by atoms with Crippen molar-refractivity contribution in [2.45, 2.75) is 25.9 Å². The molecule has 0 bridgehead atoms. The first-order chi connectivity index (χ1) is 9.63. The van der Waals surface area contributed by atoms with Crippen LogP contribution in [0.25, 0.3) is 10.9 Å². The summed E-state index contributed by atoms with van der Waals surface area (Å²) in [6, 6.07) is 10.5. The molecule has 0 aliphatic carbocycles. The van der Waals surface area contributed by atoms with Gasteiger partial charge >= 0.3 is 0 Å². The molecule has 3 rings (SSSR count). The lowest BCUT2D eigenvalue weighted by Crippen LogP contribution is -2.29. The van der Waals surface area contributed by atoms with E-state index < -0.39 is 0 Å². The van der Waals surface area contributed by atoms with Crippen LogP contribution in [0.2, 0.25) is 5.15 Å². The SMILES string of the molecule is CC(N)C1CCN(Cc2cc3ccccc3nc2Cl)C1. The molecule has 0 radical (unpaired) electrons. The van der Waals surface area contributed by atoms with Crippen molar-refractivity contribution >= 4 is 22.5 Å². The lowest BCUT2D eigenvalue weighted by atomic mass is 10.0. The van der Waals surface area contributed by atoms with E-state index in [1.54, 1.807) is 0 Å². The van der Waals surface area contributed by atoms with Crippen molar-refractivity contribution in [3.05, 3.63) is 41.0 Å². The molecule has 3 nitrogen and oxygen atoms in total. The van der Waals surface area contributed by atoms with Crippen LogP contribution >= 0.6 is 11.6 Å². The van der Waals surface area contributed by atoms with Crippen LogP contribution in [0.4, 0.5) is 0 Å². The molecule has 2 aromatic rings. The summed E-state index contributed by atoms with van der Waals surface area (Å²) in [5.41, 5.74) is 8.05. The van der Waals surface area contributed by atoms with E-state index in [1.807, 2.05) is 18.2 Å². The van der Waals surface area contributed by atoms with Gasteiger partial charge in [-0.2, -0.15) is 0 Å².